The fourth-order valence-electron chi connectivity index (χ4n) is 2.91. The van der Waals surface area contributed by atoms with E-state index in [2.05, 4.69) is 31.0 Å². The normalized spacial score (nSPS) is 21.0. The molecule has 2 heteroatoms. The molecule has 0 aromatic carbocycles. The topological polar surface area (TPSA) is 15.3 Å². The van der Waals surface area contributed by atoms with Crippen LogP contribution >= 0.6 is 0 Å². The van der Waals surface area contributed by atoms with Gasteiger partial charge in [-0.1, -0.05) is 33.6 Å². The molecule has 0 bridgehead atoms. The van der Waals surface area contributed by atoms with Gasteiger partial charge in [0.05, 0.1) is 0 Å². The average Bonchev–Trinajstić information content (AvgIpc) is 2.76. The fraction of sp³-hybridized carbons (Fsp3) is 1.00. The summed E-state index contributed by atoms with van der Waals surface area (Å²) in [6, 6.07) is 0. The van der Waals surface area contributed by atoms with Crippen LogP contribution in [0.4, 0.5) is 0 Å². The molecular weight excluding hydrogens is 220 g/mol. The van der Waals surface area contributed by atoms with Gasteiger partial charge in [0.15, 0.2) is 0 Å². The van der Waals surface area contributed by atoms with Crippen LogP contribution in [0.3, 0.4) is 0 Å². The zero-order chi connectivity index (χ0) is 13.2. The van der Waals surface area contributed by atoms with E-state index < -0.39 is 0 Å². The molecule has 1 fully saturated rings. The van der Waals surface area contributed by atoms with Gasteiger partial charge < -0.3 is 10.2 Å². The molecule has 0 aromatic heterocycles. The molecule has 1 heterocycles. The van der Waals surface area contributed by atoms with E-state index in [1.807, 2.05) is 0 Å². The van der Waals surface area contributed by atoms with Crippen LogP contribution in [-0.2, 0) is 0 Å². The Morgan fingerprint density at radius 3 is 2.78 bits per heavy atom. The third kappa shape index (κ3) is 7.38. The number of nitrogens with one attached hydrogen (secondary N) is 1. The molecular formula is C16H34N2. The Bertz CT molecular complexity index is 192. The second kappa shape index (κ2) is 9.80. The summed E-state index contributed by atoms with van der Waals surface area (Å²) in [5.74, 6) is 1.79. The highest BCUT2D eigenvalue weighted by Crippen LogP contribution is 2.20. The molecule has 0 aliphatic carbocycles. The minimum absolute atomic E-state index is 0.782. The third-order valence-corrected chi connectivity index (χ3v) is 3.95. The fourth-order valence-corrected chi connectivity index (χ4v) is 2.91. The quantitative estimate of drug-likeness (QED) is 0.600. The van der Waals surface area contributed by atoms with Crippen LogP contribution in [0.25, 0.3) is 0 Å². The molecule has 108 valence electrons. The molecule has 1 atom stereocenters. The van der Waals surface area contributed by atoms with Crippen LogP contribution < -0.4 is 5.32 Å². The van der Waals surface area contributed by atoms with Crippen molar-refractivity contribution in [2.45, 2.75) is 59.3 Å². The van der Waals surface area contributed by atoms with Crippen molar-refractivity contribution in [3.8, 4) is 0 Å². The lowest BCUT2D eigenvalue weighted by Crippen LogP contribution is -2.23. The first-order valence-electron chi connectivity index (χ1n) is 8.15. The van der Waals surface area contributed by atoms with Crippen molar-refractivity contribution in [2.24, 2.45) is 11.8 Å². The Morgan fingerprint density at radius 2 is 2.06 bits per heavy atom. The van der Waals surface area contributed by atoms with Gasteiger partial charge in [-0.3, -0.25) is 0 Å². The Morgan fingerprint density at radius 1 is 1.22 bits per heavy atom. The highest BCUT2D eigenvalue weighted by molar-refractivity contribution is 4.74. The molecule has 0 spiro atoms. The van der Waals surface area contributed by atoms with Gasteiger partial charge in [-0.05, 0) is 63.7 Å². The van der Waals surface area contributed by atoms with Crippen molar-refractivity contribution in [1.29, 1.82) is 0 Å². The van der Waals surface area contributed by atoms with E-state index in [4.69, 9.17) is 0 Å². The molecule has 1 unspecified atom stereocenters. The lowest BCUT2D eigenvalue weighted by Gasteiger charge is -2.15. The molecule has 1 saturated heterocycles. The van der Waals surface area contributed by atoms with E-state index in [0.717, 1.165) is 11.8 Å². The molecule has 1 aliphatic heterocycles. The lowest BCUT2D eigenvalue weighted by molar-refractivity contribution is 0.311. The van der Waals surface area contributed by atoms with Crippen molar-refractivity contribution >= 4 is 0 Å². The first kappa shape index (κ1) is 16.0. The Hall–Kier alpha value is -0.0800. The summed E-state index contributed by atoms with van der Waals surface area (Å²) in [4.78, 5) is 2.68. The Kier molecular flexibility index (Phi) is 8.70. The molecule has 1 N–H and O–H groups in total. The van der Waals surface area contributed by atoms with Crippen LogP contribution in [0.15, 0.2) is 0 Å². The largest absolute Gasteiger partial charge is 0.316 e. The van der Waals surface area contributed by atoms with Crippen LogP contribution in [0, 0.1) is 11.8 Å². The van der Waals surface area contributed by atoms with E-state index in [1.165, 1.54) is 71.2 Å². The van der Waals surface area contributed by atoms with Crippen molar-refractivity contribution in [3.63, 3.8) is 0 Å². The monoisotopic (exact) mass is 254 g/mol. The molecule has 0 saturated carbocycles. The highest BCUT2D eigenvalue weighted by atomic mass is 15.1. The van der Waals surface area contributed by atoms with Crippen LogP contribution in [0.2, 0.25) is 0 Å². The molecule has 1 aliphatic rings. The van der Waals surface area contributed by atoms with Gasteiger partial charge in [-0.15, -0.1) is 0 Å². The van der Waals surface area contributed by atoms with Gasteiger partial charge >= 0.3 is 0 Å². The zero-order valence-electron chi connectivity index (χ0n) is 12.9. The summed E-state index contributed by atoms with van der Waals surface area (Å²) < 4.78 is 0. The number of hydrogen-bond acceptors (Lipinski definition) is 2. The average molecular weight is 254 g/mol. The van der Waals surface area contributed by atoms with Crippen LogP contribution in [-0.4, -0.2) is 37.6 Å². The molecule has 18 heavy (non-hydrogen) atoms. The lowest BCUT2D eigenvalue weighted by atomic mass is 10.0. The van der Waals surface area contributed by atoms with Gasteiger partial charge in [-0.25, -0.2) is 0 Å². The van der Waals surface area contributed by atoms with Gasteiger partial charge in [0.2, 0.25) is 0 Å². The molecule has 2 nitrogen and oxygen atoms in total. The maximum atomic E-state index is 3.52. The summed E-state index contributed by atoms with van der Waals surface area (Å²) >= 11 is 0. The predicted octanol–water partition coefficient (Wildman–Crippen LogP) is 3.52. The van der Waals surface area contributed by atoms with Crippen LogP contribution in [0.5, 0.6) is 0 Å². The van der Waals surface area contributed by atoms with E-state index >= 15 is 0 Å². The molecule has 1 rings (SSSR count). The Balaban J connectivity index is 1.87. The van der Waals surface area contributed by atoms with Crippen molar-refractivity contribution in [3.05, 3.63) is 0 Å². The minimum atomic E-state index is 0.782. The molecule has 0 aromatic rings. The van der Waals surface area contributed by atoms with Gasteiger partial charge in [0.25, 0.3) is 0 Å². The minimum Gasteiger partial charge on any atom is -0.316 e. The number of unbranched alkanes of at least 4 members (excludes halogenated alkanes) is 2. The maximum Gasteiger partial charge on any atom is 0.00101 e. The van der Waals surface area contributed by atoms with Crippen molar-refractivity contribution < 1.29 is 0 Å². The smallest absolute Gasteiger partial charge is 0.00101 e. The highest BCUT2D eigenvalue weighted by Gasteiger charge is 2.20. The van der Waals surface area contributed by atoms with Crippen molar-refractivity contribution in [1.82, 2.24) is 10.2 Å². The summed E-state index contributed by atoms with van der Waals surface area (Å²) in [6.07, 6.45) is 8.38. The van der Waals surface area contributed by atoms with Gasteiger partial charge in [0.1, 0.15) is 0 Å². The zero-order valence-corrected chi connectivity index (χ0v) is 12.9. The third-order valence-electron chi connectivity index (χ3n) is 3.95. The van der Waals surface area contributed by atoms with E-state index in [9.17, 15) is 0 Å². The van der Waals surface area contributed by atoms with E-state index in [1.54, 1.807) is 0 Å². The van der Waals surface area contributed by atoms with E-state index in [0.29, 0.717) is 0 Å². The number of likely N-dealkylation sites (tertiary alicyclic amines) is 1. The number of hydrogen-bond donors (Lipinski definition) is 1. The second-order valence-corrected chi connectivity index (χ2v) is 6.40. The maximum absolute atomic E-state index is 3.52. The first-order valence-corrected chi connectivity index (χ1v) is 8.15. The standard InChI is InChI=1S/C16H34N2/c1-4-8-16-9-12-18(14-16)11-7-5-6-10-17-13-15(2)3/h15-17H,4-14H2,1-3H3. The summed E-state index contributed by atoms with van der Waals surface area (Å²) in [5, 5.41) is 3.52. The predicted molar refractivity (Wildman–Crippen MR) is 81.0 cm³/mol. The number of nitrogens with zero attached hydrogens (tertiary/aromatic N) is 1. The summed E-state index contributed by atoms with van der Waals surface area (Å²) in [5.41, 5.74) is 0. The SMILES string of the molecule is CCCC1CCN(CCCCCNCC(C)C)C1. The first-order chi connectivity index (χ1) is 8.72. The summed E-state index contributed by atoms with van der Waals surface area (Å²) in [6.45, 7) is 13.3. The molecule has 0 amide bonds. The van der Waals surface area contributed by atoms with E-state index in [-0.39, 0.29) is 0 Å². The molecule has 0 radical (unpaired) electrons. The van der Waals surface area contributed by atoms with Gasteiger partial charge in [-0.2, -0.15) is 0 Å². The second-order valence-electron chi connectivity index (χ2n) is 6.40. The van der Waals surface area contributed by atoms with Gasteiger partial charge in [0, 0.05) is 6.54 Å². The van der Waals surface area contributed by atoms with Crippen LogP contribution in [0.1, 0.15) is 59.3 Å². The summed E-state index contributed by atoms with van der Waals surface area (Å²) in [7, 11) is 0. The Labute approximate surface area is 115 Å². The van der Waals surface area contributed by atoms with Crippen molar-refractivity contribution in [2.75, 3.05) is 32.7 Å². The number of rotatable bonds is 10.